The fraction of sp³-hybridized carbons (Fsp3) is 0.163. The van der Waals surface area contributed by atoms with E-state index in [1.807, 2.05) is 97.1 Å². The maximum atomic E-state index is 13.0. The lowest BCUT2D eigenvalue weighted by molar-refractivity contribution is -0.145. The van der Waals surface area contributed by atoms with E-state index in [2.05, 4.69) is 183 Å². The Morgan fingerprint density at radius 2 is 0.521 bits per heavy atom. The zero-order valence-corrected chi connectivity index (χ0v) is 54.7. The second-order valence-corrected chi connectivity index (χ2v) is 23.7. The van der Waals surface area contributed by atoms with Gasteiger partial charge in [0.2, 0.25) is 0 Å². The van der Waals surface area contributed by atoms with E-state index < -0.39 is 0 Å². The summed E-state index contributed by atoms with van der Waals surface area (Å²) in [4.78, 5) is 56.2. The number of benzene rings is 10. The molecule has 0 aliphatic carbocycles. The minimum atomic E-state index is -0.262. The lowest BCUT2D eigenvalue weighted by Gasteiger charge is -2.27. The third-order valence-electron chi connectivity index (χ3n) is 17.0. The van der Waals surface area contributed by atoms with E-state index in [-0.39, 0.29) is 76.0 Å². The first-order chi connectivity index (χ1) is 46.8. The third-order valence-corrected chi connectivity index (χ3v) is 17.0. The summed E-state index contributed by atoms with van der Waals surface area (Å²) >= 11 is 0. The van der Waals surface area contributed by atoms with Crippen molar-refractivity contribution in [1.82, 2.24) is 0 Å². The van der Waals surface area contributed by atoms with Gasteiger partial charge in [-0.05, 0) is 201 Å². The molecule has 0 saturated carbocycles. The Kier molecular flexibility index (Phi) is 23.5. The van der Waals surface area contributed by atoms with E-state index in [4.69, 9.17) is 18.9 Å². The van der Waals surface area contributed by atoms with Gasteiger partial charge in [0, 0.05) is 59.8 Å². The molecule has 10 heteroatoms. The van der Waals surface area contributed by atoms with Gasteiger partial charge in [0.15, 0.2) is 0 Å². The van der Waals surface area contributed by atoms with Crippen LogP contribution in [0.15, 0.2) is 257 Å². The van der Waals surface area contributed by atoms with Crippen molar-refractivity contribution in [1.29, 1.82) is 0 Å². The van der Waals surface area contributed by atoms with Gasteiger partial charge < -0.3 is 28.7 Å². The van der Waals surface area contributed by atoms with Crippen molar-refractivity contribution >= 4 is 82.3 Å². The van der Waals surface area contributed by atoms with Gasteiger partial charge in [0.25, 0.3) is 0 Å². The maximum Gasteiger partial charge on any atom is 0.306 e. The van der Waals surface area contributed by atoms with Crippen molar-refractivity contribution in [3.05, 3.63) is 335 Å². The van der Waals surface area contributed by atoms with Gasteiger partial charge >= 0.3 is 23.9 Å². The maximum absolute atomic E-state index is 13.0. The molecular formula is C86H80N2O8. The molecule has 0 spiro atoms. The van der Waals surface area contributed by atoms with Crippen molar-refractivity contribution < 1.29 is 38.1 Å². The molecule has 0 bridgehead atoms. The van der Waals surface area contributed by atoms with Crippen molar-refractivity contribution in [3.8, 4) is 11.1 Å². The highest BCUT2D eigenvalue weighted by atomic mass is 16.5. The molecule has 0 heterocycles. The monoisotopic (exact) mass is 1270 g/mol. The highest BCUT2D eigenvalue weighted by Crippen LogP contribution is 2.40. The van der Waals surface area contributed by atoms with Crippen LogP contribution in [0, 0.1) is 13.8 Å². The summed E-state index contributed by atoms with van der Waals surface area (Å²) in [6.07, 6.45) is 10.2. The SMILES string of the molecule is C=Cc1ccc(COC(=O)CCc2ccc(N(c3ccc(-c4ccc(N(c5ccc(CCC(=O)OCc6ccc(C=C)cc6)cc5)c5ccc(CCC(=O)OCc6ccc(C=C)cc6)c(C)c5)cc4)cc3)c3ccc(CCC(=O)OCc4ccc(C=C)cc4)c(C)c3)cc2)cc1. The molecular weight excluding hydrogens is 1190 g/mol. The van der Waals surface area contributed by atoms with Gasteiger partial charge in [-0.1, -0.05) is 208 Å². The van der Waals surface area contributed by atoms with E-state index in [1.54, 1.807) is 24.3 Å². The molecule has 10 rings (SSSR count). The Hall–Kier alpha value is -11.4. The second-order valence-electron chi connectivity index (χ2n) is 23.7. The van der Waals surface area contributed by atoms with Crippen molar-refractivity contribution in [3.63, 3.8) is 0 Å². The summed E-state index contributed by atoms with van der Waals surface area (Å²) in [6.45, 7) is 20.2. The molecule has 96 heavy (non-hydrogen) atoms. The number of ether oxygens (including phenoxy) is 4. The first-order valence-electron chi connectivity index (χ1n) is 32.5. The summed E-state index contributed by atoms with van der Waals surface area (Å²) in [6, 6.07) is 77.5. The molecule has 482 valence electrons. The molecule has 0 aromatic heterocycles. The van der Waals surface area contributed by atoms with Crippen molar-refractivity contribution in [2.75, 3.05) is 9.80 Å². The summed E-state index contributed by atoms with van der Waals surface area (Å²) in [5.74, 6) is -1.04. The number of nitrogens with zero attached hydrogens (tertiary/aromatic N) is 2. The number of hydrogen-bond donors (Lipinski definition) is 0. The molecule has 0 unspecified atom stereocenters. The van der Waals surface area contributed by atoms with Gasteiger partial charge in [-0.25, -0.2) is 0 Å². The smallest absolute Gasteiger partial charge is 0.306 e. The molecule has 0 saturated heterocycles. The lowest BCUT2D eigenvalue weighted by atomic mass is 10.0. The normalized spacial score (nSPS) is 10.8. The first kappa shape index (κ1) is 67.5. The Morgan fingerprint density at radius 1 is 0.292 bits per heavy atom. The van der Waals surface area contributed by atoms with Crippen LogP contribution in [0.5, 0.6) is 0 Å². The zero-order valence-electron chi connectivity index (χ0n) is 54.7. The molecule has 10 nitrogen and oxygen atoms in total. The van der Waals surface area contributed by atoms with E-state index >= 15 is 0 Å². The Balaban J connectivity index is 0.860. The molecule has 0 N–H and O–H groups in total. The minimum absolute atomic E-state index is 0.210. The van der Waals surface area contributed by atoms with Gasteiger partial charge in [-0.3, -0.25) is 19.2 Å². The molecule has 0 amide bonds. The van der Waals surface area contributed by atoms with E-state index in [0.29, 0.717) is 25.7 Å². The van der Waals surface area contributed by atoms with Crippen LogP contribution >= 0.6 is 0 Å². The number of anilines is 6. The predicted octanol–water partition coefficient (Wildman–Crippen LogP) is 20.2. The molecule has 0 aliphatic rings. The van der Waals surface area contributed by atoms with Crippen molar-refractivity contribution in [2.45, 2.75) is 91.6 Å². The zero-order chi connectivity index (χ0) is 67.2. The first-order valence-corrected chi connectivity index (χ1v) is 32.5. The molecule has 10 aromatic rings. The standard InChI is InChI=1S/C86H80N2O8/c1-7-63-11-19-69(20-12-63)57-93-83(89)51-31-67-27-41-77(42-28-67)87(81-49-33-73(61(5)55-81)39-53-85(91)95-59-71-23-15-65(9-3)16-24-71)79-45-35-75(36-46-79)76-37-47-80(48-38-76)88(78-43-29-68(30-44-78)32-52-84(90)94-58-70-21-13-64(8-2)14-22-70)82-50-34-74(62(6)56-82)40-54-86(92)96-60-72-25-17-66(10-4)18-26-72/h7-30,33-38,41-50,55-56H,1-4,31-32,39-40,51-54,57-60H2,5-6H3. The lowest BCUT2D eigenvalue weighted by Crippen LogP contribution is -2.11. The summed E-state index contributed by atoms with van der Waals surface area (Å²) in [7, 11) is 0. The molecule has 0 fully saturated rings. The molecule has 0 atom stereocenters. The van der Waals surface area contributed by atoms with Crippen LogP contribution in [0.25, 0.3) is 35.4 Å². The number of rotatable bonds is 31. The van der Waals surface area contributed by atoms with Crippen LogP contribution in [-0.2, 0) is 90.2 Å². The molecule has 0 radical (unpaired) electrons. The van der Waals surface area contributed by atoms with Crippen LogP contribution in [0.3, 0.4) is 0 Å². The Labute approximate surface area is 564 Å². The van der Waals surface area contributed by atoms with Crippen LogP contribution < -0.4 is 9.80 Å². The number of carbonyl (C=O) groups excluding carboxylic acids is 4. The summed E-state index contributed by atoms with van der Waals surface area (Å²) in [5.41, 5.74) is 21.6. The van der Waals surface area contributed by atoms with Crippen LogP contribution in [-0.4, -0.2) is 23.9 Å². The van der Waals surface area contributed by atoms with Gasteiger partial charge in [-0.2, -0.15) is 0 Å². The number of esters is 4. The van der Waals surface area contributed by atoms with E-state index in [0.717, 1.165) is 123 Å². The van der Waals surface area contributed by atoms with Crippen LogP contribution in [0.4, 0.5) is 34.1 Å². The minimum Gasteiger partial charge on any atom is -0.461 e. The highest BCUT2D eigenvalue weighted by molar-refractivity contribution is 5.82. The largest absolute Gasteiger partial charge is 0.461 e. The topological polar surface area (TPSA) is 112 Å². The van der Waals surface area contributed by atoms with Crippen LogP contribution in [0.1, 0.15) is 104 Å². The highest BCUT2D eigenvalue weighted by Gasteiger charge is 2.19. The number of hydrogen-bond acceptors (Lipinski definition) is 10. The fourth-order valence-corrected chi connectivity index (χ4v) is 11.2. The Bertz CT molecular complexity index is 4030. The van der Waals surface area contributed by atoms with Gasteiger partial charge in [0.05, 0.1) is 0 Å². The van der Waals surface area contributed by atoms with Gasteiger partial charge in [0.1, 0.15) is 26.4 Å². The quantitative estimate of drug-likeness (QED) is 0.0308. The van der Waals surface area contributed by atoms with E-state index in [9.17, 15) is 19.2 Å². The fourth-order valence-electron chi connectivity index (χ4n) is 11.2. The summed E-state index contributed by atoms with van der Waals surface area (Å²) in [5, 5.41) is 0. The van der Waals surface area contributed by atoms with E-state index in [1.165, 1.54) is 0 Å². The average Bonchev–Trinajstić information content (AvgIpc) is 0.811. The number of carbonyl (C=O) groups is 4. The number of aryl methyl sites for hydroxylation is 6. The average molecular weight is 1270 g/mol. The molecule has 10 aromatic carbocycles. The third kappa shape index (κ3) is 18.9. The van der Waals surface area contributed by atoms with Crippen molar-refractivity contribution in [2.24, 2.45) is 0 Å². The summed E-state index contributed by atoms with van der Waals surface area (Å²) < 4.78 is 22.6. The second kappa shape index (κ2) is 33.5. The van der Waals surface area contributed by atoms with Crippen LogP contribution in [0.2, 0.25) is 0 Å². The predicted molar refractivity (Wildman–Crippen MR) is 389 cm³/mol. The Morgan fingerprint density at radius 3 is 0.771 bits per heavy atom. The van der Waals surface area contributed by atoms with Gasteiger partial charge in [-0.15, -0.1) is 0 Å². The molecule has 0 aliphatic heterocycles.